The van der Waals surface area contributed by atoms with Crippen LogP contribution in [0.5, 0.6) is 0 Å². The minimum Gasteiger partial charge on any atom is -0.381 e. The molecule has 3 unspecified atom stereocenters. The van der Waals surface area contributed by atoms with Crippen molar-refractivity contribution >= 4 is 18.3 Å². The molecule has 19 heavy (non-hydrogen) atoms. The predicted molar refractivity (Wildman–Crippen MR) is 78.4 cm³/mol. The molecule has 5 heteroatoms. The van der Waals surface area contributed by atoms with E-state index < -0.39 is 0 Å². The monoisotopic (exact) mass is 290 g/mol. The fourth-order valence-corrected chi connectivity index (χ4v) is 3.13. The van der Waals surface area contributed by atoms with Gasteiger partial charge >= 0.3 is 0 Å². The number of carbonyl (C=O) groups is 1. The molecule has 1 heterocycles. The molecule has 0 aromatic carbocycles. The Morgan fingerprint density at radius 2 is 2.16 bits per heavy atom. The van der Waals surface area contributed by atoms with Gasteiger partial charge in [-0.15, -0.1) is 12.4 Å². The number of carbonyl (C=O) groups excluding carboxylic acids is 1. The van der Waals surface area contributed by atoms with Crippen molar-refractivity contribution in [3.63, 3.8) is 0 Å². The molecule has 3 atom stereocenters. The van der Waals surface area contributed by atoms with Gasteiger partial charge in [-0.2, -0.15) is 0 Å². The zero-order valence-corrected chi connectivity index (χ0v) is 12.6. The highest BCUT2D eigenvalue weighted by Crippen LogP contribution is 2.31. The Balaban J connectivity index is 0.00000180. The average Bonchev–Trinajstić information content (AvgIpc) is 2.37. The molecule has 112 valence electrons. The van der Waals surface area contributed by atoms with Gasteiger partial charge in [0.15, 0.2) is 0 Å². The van der Waals surface area contributed by atoms with Crippen LogP contribution in [0.15, 0.2) is 0 Å². The van der Waals surface area contributed by atoms with E-state index in [1.165, 1.54) is 0 Å². The maximum atomic E-state index is 12.2. The lowest BCUT2D eigenvalue weighted by Crippen LogP contribution is -2.53. The van der Waals surface area contributed by atoms with Gasteiger partial charge in [-0.1, -0.05) is 12.8 Å². The minimum atomic E-state index is -0.328. The number of hydrogen-bond acceptors (Lipinski definition) is 3. The molecule has 1 saturated carbocycles. The second-order valence-corrected chi connectivity index (χ2v) is 6.13. The lowest BCUT2D eigenvalue weighted by Gasteiger charge is -2.37. The van der Waals surface area contributed by atoms with E-state index in [0.717, 1.165) is 58.3 Å². The quantitative estimate of drug-likeness (QED) is 0.834. The fraction of sp³-hybridized carbons (Fsp3) is 0.929. The molecule has 1 saturated heterocycles. The first-order valence-electron chi connectivity index (χ1n) is 7.24. The Kier molecular flexibility index (Phi) is 6.57. The van der Waals surface area contributed by atoms with Crippen molar-refractivity contribution in [3.05, 3.63) is 0 Å². The largest absolute Gasteiger partial charge is 0.381 e. The molecule has 0 bridgehead atoms. The number of halogens is 1. The Labute approximate surface area is 122 Å². The fourth-order valence-electron chi connectivity index (χ4n) is 3.13. The topological polar surface area (TPSA) is 64.4 Å². The van der Waals surface area contributed by atoms with Crippen LogP contribution in [-0.2, 0) is 9.53 Å². The van der Waals surface area contributed by atoms with Crippen molar-refractivity contribution in [1.29, 1.82) is 0 Å². The first-order chi connectivity index (χ1) is 8.59. The van der Waals surface area contributed by atoms with Crippen molar-refractivity contribution in [2.75, 3.05) is 19.8 Å². The average molecular weight is 291 g/mol. The third-order valence-corrected chi connectivity index (χ3v) is 4.39. The number of nitrogens with one attached hydrogen (secondary N) is 1. The highest BCUT2D eigenvalue weighted by molar-refractivity contribution is 5.85. The van der Waals surface area contributed by atoms with Gasteiger partial charge in [-0.05, 0) is 38.5 Å². The van der Waals surface area contributed by atoms with Crippen LogP contribution in [0.3, 0.4) is 0 Å². The van der Waals surface area contributed by atoms with E-state index in [1.807, 2.05) is 6.92 Å². The van der Waals surface area contributed by atoms with E-state index in [2.05, 4.69) is 5.32 Å². The van der Waals surface area contributed by atoms with Gasteiger partial charge in [-0.25, -0.2) is 0 Å². The zero-order valence-electron chi connectivity index (χ0n) is 11.8. The summed E-state index contributed by atoms with van der Waals surface area (Å²) in [6.07, 6.45) is 6.42. The first kappa shape index (κ1) is 16.7. The van der Waals surface area contributed by atoms with Gasteiger partial charge in [0, 0.05) is 18.7 Å². The third kappa shape index (κ3) is 4.62. The van der Waals surface area contributed by atoms with Gasteiger partial charge in [0.2, 0.25) is 5.91 Å². The summed E-state index contributed by atoms with van der Waals surface area (Å²) in [4.78, 5) is 12.2. The number of hydrogen-bond donors (Lipinski definition) is 2. The highest BCUT2D eigenvalue weighted by atomic mass is 35.5. The molecule has 1 aliphatic carbocycles. The van der Waals surface area contributed by atoms with E-state index in [9.17, 15) is 4.79 Å². The molecule has 0 aromatic rings. The summed E-state index contributed by atoms with van der Waals surface area (Å²) in [7, 11) is 0. The Bertz CT molecular complexity index is 291. The Morgan fingerprint density at radius 1 is 1.37 bits per heavy atom. The van der Waals surface area contributed by atoms with E-state index in [-0.39, 0.29) is 29.8 Å². The second-order valence-electron chi connectivity index (χ2n) is 6.13. The maximum absolute atomic E-state index is 12.2. The van der Waals surface area contributed by atoms with Crippen LogP contribution in [0.2, 0.25) is 0 Å². The van der Waals surface area contributed by atoms with Crippen LogP contribution in [0.25, 0.3) is 0 Å². The van der Waals surface area contributed by atoms with Crippen molar-refractivity contribution in [3.8, 4) is 0 Å². The van der Waals surface area contributed by atoms with Crippen molar-refractivity contribution in [2.24, 2.45) is 17.6 Å². The molecule has 1 amide bonds. The smallest absolute Gasteiger partial charge is 0.224 e. The van der Waals surface area contributed by atoms with E-state index in [1.54, 1.807) is 0 Å². The summed E-state index contributed by atoms with van der Waals surface area (Å²) < 4.78 is 5.42. The number of ether oxygens (including phenoxy) is 1. The van der Waals surface area contributed by atoms with Crippen molar-refractivity contribution < 1.29 is 9.53 Å². The second kappa shape index (κ2) is 7.46. The normalized spacial score (nSPS) is 35.3. The summed E-state index contributed by atoms with van der Waals surface area (Å²) in [5.41, 5.74) is 5.92. The standard InChI is InChI=1S/C14H26N2O2.ClH/c1-14(15)7-3-2-6-12(14)13(17)16-9-11-5-4-8-18-10-11;/h11-12H,2-10,15H2,1H3,(H,16,17);1H. The summed E-state index contributed by atoms with van der Waals surface area (Å²) in [5, 5.41) is 3.08. The summed E-state index contributed by atoms with van der Waals surface area (Å²) >= 11 is 0. The highest BCUT2D eigenvalue weighted by Gasteiger charge is 2.37. The number of amides is 1. The molecular formula is C14H27ClN2O2. The molecule has 4 nitrogen and oxygen atoms in total. The van der Waals surface area contributed by atoms with E-state index in [0.29, 0.717) is 5.92 Å². The minimum absolute atomic E-state index is 0. The van der Waals surface area contributed by atoms with Crippen LogP contribution >= 0.6 is 12.4 Å². The van der Waals surface area contributed by atoms with Crippen LogP contribution in [0.4, 0.5) is 0 Å². The van der Waals surface area contributed by atoms with Gasteiger partial charge in [0.1, 0.15) is 0 Å². The maximum Gasteiger partial charge on any atom is 0.224 e. The Morgan fingerprint density at radius 3 is 2.79 bits per heavy atom. The Hall–Kier alpha value is -0.320. The van der Waals surface area contributed by atoms with Crippen LogP contribution in [0, 0.1) is 11.8 Å². The number of rotatable bonds is 3. The summed E-state index contributed by atoms with van der Waals surface area (Å²) in [6.45, 7) is 4.41. The SMILES string of the molecule is CC1(N)CCCCC1C(=O)NCC1CCCOC1.Cl. The molecule has 2 aliphatic rings. The molecular weight excluding hydrogens is 264 g/mol. The molecule has 3 N–H and O–H groups in total. The van der Waals surface area contributed by atoms with Crippen LogP contribution < -0.4 is 11.1 Å². The third-order valence-electron chi connectivity index (χ3n) is 4.39. The van der Waals surface area contributed by atoms with Gasteiger partial charge in [0.25, 0.3) is 0 Å². The molecule has 2 rings (SSSR count). The molecule has 1 aliphatic heterocycles. The zero-order chi connectivity index (χ0) is 13.0. The van der Waals surface area contributed by atoms with Gasteiger partial charge in [0.05, 0.1) is 12.5 Å². The molecule has 0 spiro atoms. The molecule has 0 radical (unpaired) electrons. The lowest BCUT2D eigenvalue weighted by molar-refractivity contribution is -0.128. The summed E-state index contributed by atoms with van der Waals surface area (Å²) in [5.74, 6) is 0.608. The van der Waals surface area contributed by atoms with Crippen molar-refractivity contribution in [1.82, 2.24) is 5.32 Å². The van der Waals surface area contributed by atoms with Crippen LogP contribution in [0.1, 0.15) is 45.4 Å². The lowest BCUT2D eigenvalue weighted by atomic mass is 9.74. The van der Waals surface area contributed by atoms with Crippen molar-refractivity contribution in [2.45, 2.75) is 51.0 Å². The predicted octanol–water partition coefficient (Wildman–Crippen LogP) is 1.86. The van der Waals surface area contributed by atoms with E-state index >= 15 is 0 Å². The molecule has 0 aromatic heterocycles. The van der Waals surface area contributed by atoms with Gasteiger partial charge in [-0.3, -0.25) is 4.79 Å². The van der Waals surface area contributed by atoms with Crippen LogP contribution in [-0.4, -0.2) is 31.2 Å². The van der Waals surface area contributed by atoms with Gasteiger partial charge < -0.3 is 15.8 Å². The summed E-state index contributed by atoms with van der Waals surface area (Å²) in [6, 6.07) is 0. The first-order valence-corrected chi connectivity index (χ1v) is 7.24. The van der Waals surface area contributed by atoms with E-state index in [4.69, 9.17) is 10.5 Å². The molecule has 2 fully saturated rings. The number of nitrogens with two attached hydrogens (primary N) is 1.